The number of alkyl halides is 3. The smallest absolute Gasteiger partial charge is 0.417 e. The molecule has 7 heteroatoms. The average molecular weight is 304 g/mol. The SMILES string of the molecule is OCCCCN1CCC(Oc2ccc(C(F)(F)F)cn2)C1. The second kappa shape index (κ2) is 7.09. The van der Waals surface area contributed by atoms with E-state index in [9.17, 15) is 13.2 Å². The third-order valence-corrected chi connectivity index (χ3v) is 3.46. The van der Waals surface area contributed by atoms with Crippen molar-refractivity contribution < 1.29 is 23.0 Å². The highest BCUT2D eigenvalue weighted by atomic mass is 19.4. The third kappa shape index (κ3) is 4.86. The lowest BCUT2D eigenvalue weighted by Gasteiger charge is -2.16. The van der Waals surface area contributed by atoms with Gasteiger partial charge in [0.05, 0.1) is 5.56 Å². The second-order valence-electron chi connectivity index (χ2n) is 5.14. The monoisotopic (exact) mass is 304 g/mol. The minimum atomic E-state index is -4.37. The minimum absolute atomic E-state index is 0.0386. The first kappa shape index (κ1) is 16.0. The predicted molar refractivity (Wildman–Crippen MR) is 71.0 cm³/mol. The second-order valence-corrected chi connectivity index (χ2v) is 5.14. The summed E-state index contributed by atoms with van der Waals surface area (Å²) >= 11 is 0. The molecular weight excluding hydrogens is 285 g/mol. The molecule has 0 radical (unpaired) electrons. The average Bonchev–Trinajstić information content (AvgIpc) is 2.86. The molecule has 1 aromatic rings. The molecule has 2 rings (SSSR count). The molecule has 1 saturated heterocycles. The van der Waals surface area contributed by atoms with Gasteiger partial charge in [0.1, 0.15) is 6.10 Å². The number of likely N-dealkylation sites (tertiary alicyclic amines) is 1. The molecule has 1 N–H and O–H groups in total. The summed E-state index contributed by atoms with van der Waals surface area (Å²) in [4.78, 5) is 5.94. The van der Waals surface area contributed by atoms with Gasteiger partial charge in [-0.1, -0.05) is 0 Å². The maximum absolute atomic E-state index is 12.4. The fourth-order valence-corrected chi connectivity index (χ4v) is 2.33. The number of nitrogens with zero attached hydrogens (tertiary/aromatic N) is 2. The number of pyridine rings is 1. The maximum Gasteiger partial charge on any atom is 0.417 e. The van der Waals surface area contributed by atoms with Gasteiger partial charge in [0.2, 0.25) is 5.88 Å². The van der Waals surface area contributed by atoms with Gasteiger partial charge in [0.15, 0.2) is 0 Å². The molecule has 118 valence electrons. The normalized spacial score (nSPS) is 19.9. The van der Waals surface area contributed by atoms with Crippen molar-refractivity contribution in [2.75, 3.05) is 26.2 Å². The Morgan fingerprint density at radius 2 is 2.14 bits per heavy atom. The van der Waals surface area contributed by atoms with Crippen LogP contribution in [0.2, 0.25) is 0 Å². The van der Waals surface area contributed by atoms with Crippen LogP contribution in [0, 0.1) is 0 Å². The van der Waals surface area contributed by atoms with Crippen molar-refractivity contribution in [1.82, 2.24) is 9.88 Å². The first-order valence-electron chi connectivity index (χ1n) is 7.02. The van der Waals surface area contributed by atoms with E-state index >= 15 is 0 Å². The Hall–Kier alpha value is -1.34. The Bertz CT molecular complexity index is 437. The molecule has 1 fully saturated rings. The molecule has 1 atom stereocenters. The van der Waals surface area contributed by atoms with Crippen molar-refractivity contribution in [3.8, 4) is 5.88 Å². The highest BCUT2D eigenvalue weighted by molar-refractivity contribution is 5.20. The Morgan fingerprint density at radius 1 is 1.33 bits per heavy atom. The van der Waals surface area contributed by atoms with Gasteiger partial charge in [-0.05, 0) is 31.9 Å². The number of rotatable bonds is 6. The van der Waals surface area contributed by atoms with E-state index in [-0.39, 0.29) is 18.6 Å². The highest BCUT2D eigenvalue weighted by Gasteiger charge is 2.31. The van der Waals surface area contributed by atoms with Crippen LogP contribution in [0.4, 0.5) is 13.2 Å². The van der Waals surface area contributed by atoms with Crippen LogP contribution in [0.25, 0.3) is 0 Å². The van der Waals surface area contributed by atoms with E-state index in [2.05, 4.69) is 9.88 Å². The summed E-state index contributed by atoms with van der Waals surface area (Å²) in [5.74, 6) is 0.227. The van der Waals surface area contributed by atoms with Crippen LogP contribution in [0.1, 0.15) is 24.8 Å². The van der Waals surface area contributed by atoms with Crippen LogP contribution >= 0.6 is 0 Å². The molecule has 4 nitrogen and oxygen atoms in total. The maximum atomic E-state index is 12.4. The molecule has 1 unspecified atom stereocenters. The Morgan fingerprint density at radius 3 is 2.76 bits per heavy atom. The van der Waals surface area contributed by atoms with Crippen molar-refractivity contribution in [3.05, 3.63) is 23.9 Å². The number of aromatic nitrogens is 1. The Balaban J connectivity index is 1.80. The molecule has 21 heavy (non-hydrogen) atoms. The lowest BCUT2D eigenvalue weighted by Crippen LogP contribution is -2.26. The summed E-state index contributed by atoms with van der Waals surface area (Å²) in [7, 11) is 0. The van der Waals surface area contributed by atoms with Gasteiger partial charge < -0.3 is 9.84 Å². The predicted octanol–water partition coefficient (Wildman–Crippen LogP) is 2.33. The zero-order valence-electron chi connectivity index (χ0n) is 11.6. The number of halogens is 3. The summed E-state index contributed by atoms with van der Waals surface area (Å²) < 4.78 is 42.9. The van der Waals surface area contributed by atoms with Crippen molar-refractivity contribution >= 4 is 0 Å². The molecular formula is C14H19F3N2O2. The van der Waals surface area contributed by atoms with E-state index in [1.54, 1.807) is 0 Å². The van der Waals surface area contributed by atoms with Crippen LogP contribution in [-0.4, -0.2) is 47.3 Å². The number of ether oxygens (including phenoxy) is 1. The van der Waals surface area contributed by atoms with E-state index in [1.807, 2.05) is 0 Å². The van der Waals surface area contributed by atoms with Crippen LogP contribution in [0.3, 0.4) is 0 Å². The quantitative estimate of drug-likeness (QED) is 0.819. The molecule has 0 aromatic carbocycles. The van der Waals surface area contributed by atoms with Gasteiger partial charge in [-0.25, -0.2) is 4.98 Å². The van der Waals surface area contributed by atoms with E-state index in [0.29, 0.717) is 0 Å². The summed E-state index contributed by atoms with van der Waals surface area (Å²) in [6, 6.07) is 2.24. The van der Waals surface area contributed by atoms with Crippen molar-refractivity contribution in [1.29, 1.82) is 0 Å². The largest absolute Gasteiger partial charge is 0.473 e. The van der Waals surface area contributed by atoms with E-state index < -0.39 is 11.7 Å². The zero-order valence-corrected chi connectivity index (χ0v) is 11.6. The van der Waals surface area contributed by atoms with Gasteiger partial charge in [0.25, 0.3) is 0 Å². The number of aliphatic hydroxyl groups excluding tert-OH is 1. The lowest BCUT2D eigenvalue weighted by atomic mass is 10.3. The van der Waals surface area contributed by atoms with Crippen molar-refractivity contribution in [2.45, 2.75) is 31.5 Å². The topological polar surface area (TPSA) is 45.6 Å². The molecule has 0 saturated carbocycles. The highest BCUT2D eigenvalue weighted by Crippen LogP contribution is 2.29. The number of hydrogen-bond acceptors (Lipinski definition) is 4. The number of aliphatic hydroxyl groups is 1. The van der Waals surface area contributed by atoms with Gasteiger partial charge in [-0.15, -0.1) is 0 Å². The Labute approximate surface area is 121 Å². The molecule has 1 aliphatic rings. The van der Waals surface area contributed by atoms with Crippen LogP contribution in [0.5, 0.6) is 5.88 Å². The van der Waals surface area contributed by atoms with Gasteiger partial charge >= 0.3 is 6.18 Å². The van der Waals surface area contributed by atoms with E-state index in [1.165, 1.54) is 6.07 Å². The van der Waals surface area contributed by atoms with Crippen molar-refractivity contribution in [2.24, 2.45) is 0 Å². The van der Waals surface area contributed by atoms with Gasteiger partial charge in [-0.2, -0.15) is 13.2 Å². The van der Waals surface area contributed by atoms with Gasteiger partial charge in [0, 0.05) is 32.0 Å². The molecule has 2 heterocycles. The van der Waals surface area contributed by atoms with Crippen LogP contribution in [-0.2, 0) is 6.18 Å². The molecule has 0 bridgehead atoms. The van der Waals surface area contributed by atoms with E-state index in [4.69, 9.17) is 9.84 Å². The summed E-state index contributed by atoms with van der Waals surface area (Å²) in [5, 5.41) is 8.74. The fourth-order valence-electron chi connectivity index (χ4n) is 2.33. The Kier molecular flexibility index (Phi) is 5.41. The summed E-state index contributed by atoms with van der Waals surface area (Å²) in [6.45, 7) is 2.75. The summed E-state index contributed by atoms with van der Waals surface area (Å²) in [6.07, 6.45) is -1.07. The van der Waals surface area contributed by atoms with Crippen LogP contribution in [0.15, 0.2) is 18.3 Å². The molecule has 1 aromatic heterocycles. The van der Waals surface area contributed by atoms with Crippen molar-refractivity contribution in [3.63, 3.8) is 0 Å². The number of hydrogen-bond donors (Lipinski definition) is 1. The van der Waals surface area contributed by atoms with Crippen LogP contribution < -0.4 is 4.74 Å². The van der Waals surface area contributed by atoms with Gasteiger partial charge in [-0.3, -0.25) is 4.90 Å². The number of unbranched alkanes of at least 4 members (excludes halogenated alkanes) is 1. The standard InChI is InChI=1S/C14H19F3N2O2/c15-14(16,17)11-3-4-13(18-9-11)21-12-5-7-19(10-12)6-1-2-8-20/h3-4,9,12,20H,1-2,5-8,10H2. The summed E-state index contributed by atoms with van der Waals surface area (Å²) in [5.41, 5.74) is -0.771. The zero-order chi connectivity index (χ0) is 15.3. The third-order valence-electron chi connectivity index (χ3n) is 3.46. The fraction of sp³-hybridized carbons (Fsp3) is 0.643. The lowest BCUT2D eigenvalue weighted by molar-refractivity contribution is -0.137. The first-order valence-corrected chi connectivity index (χ1v) is 7.02. The molecule has 1 aliphatic heterocycles. The molecule has 0 amide bonds. The van der Waals surface area contributed by atoms with E-state index in [0.717, 1.165) is 51.2 Å². The first-order chi connectivity index (χ1) is 9.99. The minimum Gasteiger partial charge on any atom is -0.473 e. The molecule has 0 aliphatic carbocycles. The molecule has 0 spiro atoms.